The van der Waals surface area contributed by atoms with Gasteiger partial charge in [0.15, 0.2) is 0 Å². The number of ether oxygens (including phenoxy) is 1. The van der Waals surface area contributed by atoms with Gasteiger partial charge in [-0.25, -0.2) is 8.93 Å². The second-order valence-corrected chi connectivity index (χ2v) is 6.11. The van der Waals surface area contributed by atoms with Crippen molar-refractivity contribution in [3.8, 4) is 5.75 Å². The first-order valence-electron chi connectivity index (χ1n) is 6.65. The summed E-state index contributed by atoms with van der Waals surface area (Å²) in [6, 6.07) is 3.28. The molecule has 0 aliphatic heterocycles. The minimum Gasteiger partial charge on any atom is -0.406 e. The molecule has 0 heterocycles. The minimum atomic E-state index is -4.79. The number of rotatable bonds is 9. The van der Waals surface area contributed by atoms with E-state index >= 15 is 0 Å². The highest BCUT2D eigenvalue weighted by Gasteiger charge is 2.31. The van der Waals surface area contributed by atoms with E-state index in [2.05, 4.69) is 9.46 Å². The van der Waals surface area contributed by atoms with E-state index in [-0.39, 0.29) is 16.5 Å². The topological polar surface area (TPSA) is 58.6 Å². The molecule has 0 saturated heterocycles. The fourth-order valence-electron chi connectivity index (χ4n) is 1.66. The normalized spacial score (nSPS) is 13.1. The molecule has 0 amide bonds. The zero-order valence-electron chi connectivity index (χ0n) is 11.7. The van der Waals surface area contributed by atoms with Crippen LogP contribution in [0, 0.1) is 0 Å². The van der Waals surface area contributed by atoms with E-state index in [1.807, 2.05) is 0 Å². The zero-order valence-corrected chi connectivity index (χ0v) is 13.2. The van der Waals surface area contributed by atoms with Gasteiger partial charge in [-0.3, -0.25) is 0 Å². The van der Waals surface area contributed by atoms with Gasteiger partial charge in [0, 0.05) is 19.2 Å². The predicted octanol–water partition coefficient (Wildman–Crippen LogP) is 3.40. The number of nitrogens with one attached hydrogen (secondary N) is 1. The highest BCUT2D eigenvalue weighted by molar-refractivity contribution is 7.83. The average Bonchev–Trinajstić information content (AvgIpc) is 2.40. The van der Waals surface area contributed by atoms with Crippen molar-refractivity contribution >= 4 is 22.6 Å². The Kier molecular flexibility index (Phi) is 8.16. The number of aliphatic hydroxyl groups excluding tert-OH is 1. The number of unbranched alkanes of at least 4 members (excludes halogenated alkanes) is 3. The van der Waals surface area contributed by atoms with Crippen LogP contribution in [-0.2, 0) is 11.0 Å². The first-order chi connectivity index (χ1) is 10.3. The van der Waals surface area contributed by atoms with E-state index in [1.54, 1.807) is 0 Å². The smallest absolute Gasteiger partial charge is 0.406 e. The summed E-state index contributed by atoms with van der Waals surface area (Å²) in [6.45, 7) is 0.635. The molecule has 4 nitrogen and oxygen atoms in total. The molecule has 126 valence electrons. The predicted molar refractivity (Wildman–Crippen MR) is 78.1 cm³/mol. The molecule has 22 heavy (non-hydrogen) atoms. The Bertz CT molecular complexity index is 500. The van der Waals surface area contributed by atoms with Crippen molar-refractivity contribution in [1.29, 1.82) is 0 Å². The standard InChI is InChI=1S/C13H17ClF3NO3S/c14-11-9-10(21-13(15,16)17)5-6-12(11)22(20)18-7-3-1-2-4-8-19/h5-6,9,18-19H,1-4,7-8H2. The third-order valence-electron chi connectivity index (χ3n) is 2.65. The molecule has 0 aliphatic carbocycles. The molecule has 0 fully saturated rings. The van der Waals surface area contributed by atoms with Crippen LogP contribution in [0.2, 0.25) is 5.02 Å². The van der Waals surface area contributed by atoms with Crippen molar-refractivity contribution in [2.24, 2.45) is 0 Å². The molecule has 0 spiro atoms. The summed E-state index contributed by atoms with van der Waals surface area (Å²) in [6.07, 6.45) is -1.52. The van der Waals surface area contributed by atoms with Crippen molar-refractivity contribution < 1.29 is 27.2 Å². The van der Waals surface area contributed by atoms with Crippen LogP contribution in [0.4, 0.5) is 13.2 Å². The Morgan fingerprint density at radius 3 is 2.50 bits per heavy atom. The average molecular weight is 360 g/mol. The number of benzene rings is 1. The van der Waals surface area contributed by atoms with Crippen LogP contribution in [0.1, 0.15) is 25.7 Å². The largest absolute Gasteiger partial charge is 0.573 e. The lowest BCUT2D eigenvalue weighted by Gasteiger charge is -2.11. The van der Waals surface area contributed by atoms with Crippen LogP contribution in [0.15, 0.2) is 23.1 Å². The molecule has 2 N–H and O–H groups in total. The zero-order chi connectivity index (χ0) is 16.6. The van der Waals surface area contributed by atoms with Gasteiger partial charge in [0.2, 0.25) is 0 Å². The Balaban J connectivity index is 2.49. The monoisotopic (exact) mass is 359 g/mol. The van der Waals surface area contributed by atoms with Gasteiger partial charge in [0.1, 0.15) is 16.7 Å². The molecule has 0 aliphatic rings. The minimum absolute atomic E-state index is 0.0622. The summed E-state index contributed by atoms with van der Waals surface area (Å²) >= 11 is 5.83. The van der Waals surface area contributed by atoms with Gasteiger partial charge in [-0.2, -0.15) is 0 Å². The second kappa shape index (κ2) is 9.34. The van der Waals surface area contributed by atoms with E-state index in [9.17, 15) is 17.4 Å². The van der Waals surface area contributed by atoms with E-state index in [0.29, 0.717) is 6.54 Å². The Morgan fingerprint density at radius 2 is 1.91 bits per heavy atom. The number of alkyl halides is 3. The quantitative estimate of drug-likeness (QED) is 0.664. The van der Waals surface area contributed by atoms with E-state index in [4.69, 9.17) is 16.7 Å². The molecular formula is C13H17ClF3NO3S. The Labute approximate surface area is 134 Å². The summed E-state index contributed by atoms with van der Waals surface area (Å²) in [5, 5.41) is 8.56. The Morgan fingerprint density at radius 1 is 1.23 bits per heavy atom. The van der Waals surface area contributed by atoms with Crippen molar-refractivity contribution in [3.63, 3.8) is 0 Å². The van der Waals surface area contributed by atoms with Crippen molar-refractivity contribution in [1.82, 2.24) is 4.72 Å². The molecule has 1 rings (SSSR count). The van der Waals surface area contributed by atoms with Crippen molar-refractivity contribution in [2.75, 3.05) is 13.2 Å². The van der Waals surface area contributed by atoms with Crippen LogP contribution < -0.4 is 9.46 Å². The SMILES string of the molecule is O=S(NCCCCCCO)c1ccc(OC(F)(F)F)cc1Cl. The molecule has 9 heteroatoms. The van der Waals surface area contributed by atoms with E-state index < -0.39 is 23.1 Å². The molecular weight excluding hydrogens is 343 g/mol. The highest BCUT2D eigenvalue weighted by atomic mass is 35.5. The van der Waals surface area contributed by atoms with Crippen LogP contribution >= 0.6 is 11.6 Å². The van der Waals surface area contributed by atoms with Gasteiger partial charge in [-0.05, 0) is 25.0 Å². The van der Waals surface area contributed by atoms with E-state index in [0.717, 1.165) is 37.8 Å². The van der Waals surface area contributed by atoms with Gasteiger partial charge in [0.05, 0.1) is 9.92 Å². The fraction of sp³-hybridized carbons (Fsp3) is 0.538. The van der Waals surface area contributed by atoms with Crippen molar-refractivity contribution in [2.45, 2.75) is 36.9 Å². The fourth-order valence-corrected chi connectivity index (χ4v) is 2.96. The van der Waals surface area contributed by atoms with Gasteiger partial charge in [0.25, 0.3) is 0 Å². The number of hydrogen-bond acceptors (Lipinski definition) is 3. The Hall–Kier alpha value is -0.830. The van der Waals surface area contributed by atoms with Gasteiger partial charge in [-0.15, -0.1) is 13.2 Å². The molecule has 1 unspecified atom stereocenters. The summed E-state index contributed by atoms with van der Waals surface area (Å²) in [7, 11) is -1.60. The molecule has 0 bridgehead atoms. The molecule has 0 saturated carbocycles. The van der Waals surface area contributed by atoms with E-state index in [1.165, 1.54) is 6.07 Å². The lowest BCUT2D eigenvalue weighted by Crippen LogP contribution is -2.19. The summed E-state index contributed by atoms with van der Waals surface area (Å²) < 4.78 is 54.7. The highest BCUT2D eigenvalue weighted by Crippen LogP contribution is 2.28. The van der Waals surface area contributed by atoms with Crippen molar-refractivity contribution in [3.05, 3.63) is 23.2 Å². The second-order valence-electron chi connectivity index (χ2n) is 4.44. The molecule has 1 aromatic carbocycles. The first-order valence-corrected chi connectivity index (χ1v) is 8.17. The maximum Gasteiger partial charge on any atom is 0.573 e. The molecule has 0 radical (unpaired) electrons. The van der Waals surface area contributed by atoms with Gasteiger partial charge in [-0.1, -0.05) is 24.4 Å². The number of aliphatic hydroxyl groups is 1. The van der Waals surface area contributed by atoms with Crippen LogP contribution in [0.25, 0.3) is 0 Å². The van der Waals surface area contributed by atoms with Crippen LogP contribution in [0.5, 0.6) is 5.75 Å². The molecule has 1 aromatic rings. The maximum atomic E-state index is 12.1. The van der Waals surface area contributed by atoms with Gasteiger partial charge < -0.3 is 9.84 Å². The number of hydrogen-bond donors (Lipinski definition) is 2. The summed E-state index contributed by atoms with van der Waals surface area (Å²) in [5.41, 5.74) is 0. The van der Waals surface area contributed by atoms with Crippen LogP contribution in [0.3, 0.4) is 0 Å². The lowest BCUT2D eigenvalue weighted by atomic mass is 10.2. The lowest BCUT2D eigenvalue weighted by molar-refractivity contribution is -0.274. The molecule has 0 aromatic heterocycles. The molecule has 1 atom stereocenters. The van der Waals surface area contributed by atoms with Gasteiger partial charge >= 0.3 is 6.36 Å². The summed E-state index contributed by atoms with van der Waals surface area (Å²) in [4.78, 5) is 0.201. The third-order valence-corrected chi connectivity index (χ3v) is 4.30. The first kappa shape index (κ1) is 19.2. The van der Waals surface area contributed by atoms with Crippen LogP contribution in [-0.4, -0.2) is 28.8 Å². The summed E-state index contributed by atoms with van der Waals surface area (Å²) in [5.74, 6) is -0.456. The third kappa shape index (κ3) is 7.44. The maximum absolute atomic E-state index is 12.1. The number of halogens is 4.